The summed E-state index contributed by atoms with van der Waals surface area (Å²) in [4.78, 5) is 0. The van der Waals surface area contributed by atoms with Crippen molar-refractivity contribution in [2.24, 2.45) is 0 Å². The Labute approximate surface area is 51.2 Å². The summed E-state index contributed by atoms with van der Waals surface area (Å²) in [5, 5.41) is 2.67. The first-order valence-corrected chi connectivity index (χ1v) is 2.96. The summed E-state index contributed by atoms with van der Waals surface area (Å²) in [6.45, 7) is 0.966. The molecule has 2 aliphatic rings. The van der Waals surface area contributed by atoms with Crippen molar-refractivity contribution in [2.75, 3.05) is 13.2 Å². The molecule has 9 heavy (non-hydrogen) atoms. The Bertz CT molecular complexity index is 125. The third-order valence-corrected chi connectivity index (χ3v) is 1.75. The molecule has 0 aromatic carbocycles. The minimum Gasteiger partial charge on any atom is -0.369 e. The largest absolute Gasteiger partial charge is 0.369 e. The molecular weight excluding hydrogens is 128 g/mol. The summed E-state index contributed by atoms with van der Waals surface area (Å²) in [6.07, 6.45) is -0.828. The van der Waals surface area contributed by atoms with Crippen molar-refractivity contribution in [1.82, 2.24) is 5.32 Å². The van der Waals surface area contributed by atoms with Gasteiger partial charge in [0, 0.05) is 6.54 Å². The van der Waals surface area contributed by atoms with Crippen molar-refractivity contribution < 1.29 is 13.5 Å². The van der Waals surface area contributed by atoms with Crippen molar-refractivity contribution in [3.8, 4) is 0 Å². The van der Waals surface area contributed by atoms with E-state index in [1.54, 1.807) is 0 Å². The minimum absolute atomic E-state index is 0.413. The van der Waals surface area contributed by atoms with E-state index in [1.807, 2.05) is 0 Å². The van der Waals surface area contributed by atoms with Gasteiger partial charge in [-0.1, -0.05) is 0 Å². The Morgan fingerprint density at radius 1 is 1.56 bits per heavy atom. The second kappa shape index (κ2) is 1.44. The Hall–Kier alpha value is -0.220. The van der Waals surface area contributed by atoms with Crippen molar-refractivity contribution in [1.29, 1.82) is 0 Å². The van der Waals surface area contributed by atoms with Crippen LogP contribution in [0.5, 0.6) is 0 Å². The predicted octanol–water partition coefficient (Wildman–Crippen LogP) is -0.00770. The Balaban J connectivity index is 2.06. The normalized spacial score (nSPS) is 46.0. The third kappa shape index (κ3) is 0.602. The van der Waals surface area contributed by atoms with Gasteiger partial charge in [0.15, 0.2) is 0 Å². The van der Waals surface area contributed by atoms with Crippen molar-refractivity contribution in [3.05, 3.63) is 0 Å². The van der Waals surface area contributed by atoms with Crippen LogP contribution in [0.2, 0.25) is 0 Å². The lowest BCUT2D eigenvalue weighted by Crippen LogP contribution is -2.31. The molecule has 4 heteroatoms. The first-order chi connectivity index (χ1) is 4.23. The molecule has 0 radical (unpaired) electrons. The molecule has 2 fully saturated rings. The molecule has 2 rings (SSSR count). The van der Waals surface area contributed by atoms with Gasteiger partial charge in [0.05, 0.1) is 6.61 Å². The van der Waals surface area contributed by atoms with Crippen LogP contribution in [0.3, 0.4) is 0 Å². The van der Waals surface area contributed by atoms with Crippen molar-refractivity contribution >= 4 is 0 Å². The number of halogens is 2. The zero-order valence-corrected chi connectivity index (χ0v) is 4.73. The number of alkyl halides is 2. The maximum atomic E-state index is 12.3. The number of hydrogen-bond acceptors (Lipinski definition) is 2. The second-order valence-corrected chi connectivity index (χ2v) is 2.40. The van der Waals surface area contributed by atoms with Crippen molar-refractivity contribution in [2.45, 2.75) is 18.1 Å². The van der Waals surface area contributed by atoms with E-state index < -0.39 is 18.1 Å². The topological polar surface area (TPSA) is 21.3 Å². The number of morpholine rings is 1. The number of nitrogens with one attached hydrogen (secondary N) is 1. The predicted molar refractivity (Wildman–Crippen MR) is 26.5 cm³/mol. The first kappa shape index (κ1) is 5.56. The van der Waals surface area contributed by atoms with Gasteiger partial charge in [0.25, 0.3) is 5.92 Å². The van der Waals surface area contributed by atoms with Crippen LogP contribution in [0.1, 0.15) is 0 Å². The molecule has 1 heterocycles. The van der Waals surface area contributed by atoms with Gasteiger partial charge in [-0.15, -0.1) is 0 Å². The number of rotatable bonds is 0. The molecule has 0 unspecified atom stereocenters. The molecule has 0 amide bonds. The van der Waals surface area contributed by atoms with Gasteiger partial charge in [-0.2, -0.15) is 0 Å². The van der Waals surface area contributed by atoms with Crippen LogP contribution >= 0.6 is 0 Å². The summed E-state index contributed by atoms with van der Waals surface area (Å²) in [6, 6.07) is -0.689. The molecule has 1 N–H and O–H groups in total. The molecule has 0 bridgehead atoms. The van der Waals surface area contributed by atoms with Gasteiger partial charge < -0.3 is 10.1 Å². The lowest BCUT2D eigenvalue weighted by Gasteiger charge is -2.07. The molecule has 1 saturated heterocycles. The number of ether oxygens (including phenoxy) is 1. The fraction of sp³-hybridized carbons (Fsp3) is 1.00. The first-order valence-electron chi connectivity index (χ1n) is 2.96. The Kier molecular flexibility index (Phi) is 0.887. The zero-order valence-electron chi connectivity index (χ0n) is 4.73. The fourth-order valence-corrected chi connectivity index (χ4v) is 1.15. The maximum absolute atomic E-state index is 12.3. The maximum Gasteiger partial charge on any atom is 0.293 e. The summed E-state index contributed by atoms with van der Waals surface area (Å²) >= 11 is 0. The highest BCUT2D eigenvalue weighted by Crippen LogP contribution is 2.45. The summed E-state index contributed by atoms with van der Waals surface area (Å²) in [7, 11) is 0. The molecule has 0 aromatic heterocycles. The second-order valence-electron chi connectivity index (χ2n) is 2.40. The average molecular weight is 135 g/mol. The SMILES string of the molecule is FC1(F)[C@H]2NCCO[C@@H]21. The molecule has 2 nitrogen and oxygen atoms in total. The Morgan fingerprint density at radius 2 is 2.33 bits per heavy atom. The lowest BCUT2D eigenvalue weighted by atomic mass is 10.5. The summed E-state index contributed by atoms with van der Waals surface area (Å²) < 4.78 is 29.4. The van der Waals surface area contributed by atoms with Crippen LogP contribution < -0.4 is 5.32 Å². The molecule has 52 valence electrons. The smallest absolute Gasteiger partial charge is 0.293 e. The molecule has 1 aliphatic heterocycles. The van der Waals surface area contributed by atoms with Gasteiger partial charge in [-0.25, -0.2) is 8.78 Å². The van der Waals surface area contributed by atoms with Crippen LogP contribution in [-0.2, 0) is 4.74 Å². The molecular formula is C5H7F2NO. The Morgan fingerprint density at radius 3 is 2.78 bits per heavy atom. The standard InChI is InChI=1S/C5H7F2NO/c6-5(7)3-4(5)9-2-1-8-3/h3-4,8H,1-2H2/t3-,4-/m0/s1. The lowest BCUT2D eigenvalue weighted by molar-refractivity contribution is 0.0175. The van der Waals surface area contributed by atoms with Gasteiger partial charge in [0.1, 0.15) is 12.1 Å². The van der Waals surface area contributed by atoms with Crippen LogP contribution in [0, 0.1) is 0 Å². The van der Waals surface area contributed by atoms with E-state index in [-0.39, 0.29) is 0 Å². The van der Waals surface area contributed by atoms with Crippen LogP contribution in [0.4, 0.5) is 8.78 Å². The van der Waals surface area contributed by atoms with E-state index >= 15 is 0 Å². The van der Waals surface area contributed by atoms with Gasteiger partial charge >= 0.3 is 0 Å². The highest BCUT2D eigenvalue weighted by Gasteiger charge is 2.70. The number of hydrogen-bond donors (Lipinski definition) is 1. The van der Waals surface area contributed by atoms with E-state index in [0.717, 1.165) is 0 Å². The molecule has 1 aliphatic carbocycles. The summed E-state index contributed by atoms with van der Waals surface area (Å²) in [5.41, 5.74) is 0. The van der Waals surface area contributed by atoms with Gasteiger partial charge in [0.2, 0.25) is 0 Å². The molecule has 0 aromatic rings. The van der Waals surface area contributed by atoms with Crippen LogP contribution in [0.15, 0.2) is 0 Å². The quantitative estimate of drug-likeness (QED) is 0.504. The van der Waals surface area contributed by atoms with E-state index in [2.05, 4.69) is 5.32 Å². The van der Waals surface area contributed by atoms with Crippen molar-refractivity contribution in [3.63, 3.8) is 0 Å². The fourth-order valence-electron chi connectivity index (χ4n) is 1.15. The molecule has 0 spiro atoms. The molecule has 1 saturated carbocycles. The molecule has 2 atom stereocenters. The van der Waals surface area contributed by atoms with Crippen LogP contribution in [-0.4, -0.2) is 31.2 Å². The summed E-state index contributed by atoms with van der Waals surface area (Å²) in [5.74, 6) is -2.59. The highest BCUT2D eigenvalue weighted by molar-refractivity contribution is 5.15. The van der Waals surface area contributed by atoms with E-state index in [4.69, 9.17) is 4.74 Å². The van der Waals surface area contributed by atoms with Crippen LogP contribution in [0.25, 0.3) is 0 Å². The monoisotopic (exact) mass is 135 g/mol. The van der Waals surface area contributed by atoms with E-state index in [9.17, 15) is 8.78 Å². The van der Waals surface area contributed by atoms with Gasteiger partial charge in [-0.3, -0.25) is 0 Å². The average Bonchev–Trinajstić information content (AvgIpc) is 2.39. The zero-order chi connectivity index (χ0) is 6.48. The highest BCUT2D eigenvalue weighted by atomic mass is 19.3. The van der Waals surface area contributed by atoms with E-state index in [0.29, 0.717) is 13.2 Å². The minimum atomic E-state index is -2.59. The number of fused-ring (bicyclic) bond motifs is 1. The van der Waals surface area contributed by atoms with Gasteiger partial charge in [-0.05, 0) is 0 Å². The van der Waals surface area contributed by atoms with E-state index in [1.165, 1.54) is 0 Å². The third-order valence-electron chi connectivity index (χ3n) is 1.75.